The van der Waals surface area contributed by atoms with Gasteiger partial charge in [-0.2, -0.15) is 0 Å². The highest BCUT2D eigenvalue weighted by Gasteiger charge is 2.23. The normalized spacial score (nSPS) is 17.5. The van der Waals surface area contributed by atoms with Crippen LogP contribution in [0.5, 0.6) is 0 Å². The van der Waals surface area contributed by atoms with E-state index in [2.05, 4.69) is 59.3 Å². The van der Waals surface area contributed by atoms with E-state index in [1.165, 1.54) is 16.8 Å². The Balaban J connectivity index is 0.00000338. The van der Waals surface area contributed by atoms with Gasteiger partial charge in [-0.25, -0.2) is 0 Å². The lowest BCUT2D eigenvalue weighted by atomic mass is 9.95. The van der Waals surface area contributed by atoms with Gasteiger partial charge in [0.25, 0.3) is 0 Å². The summed E-state index contributed by atoms with van der Waals surface area (Å²) >= 11 is 0. The fourth-order valence-electron chi connectivity index (χ4n) is 3.45. The van der Waals surface area contributed by atoms with E-state index >= 15 is 0 Å². The molecule has 1 atom stereocenters. The number of likely N-dealkylation sites (tertiary alicyclic amines) is 1. The Kier molecular flexibility index (Phi) is 9.18. The molecule has 0 spiro atoms. The van der Waals surface area contributed by atoms with Crippen molar-refractivity contribution >= 4 is 41.5 Å². The fraction of sp³-hybridized carbons (Fsp3) is 0.579. The fourth-order valence-corrected chi connectivity index (χ4v) is 3.45. The quantitative estimate of drug-likeness (QED) is 0.391. The molecule has 1 fully saturated rings. The number of hydrogen-bond donors (Lipinski definition) is 2. The van der Waals surface area contributed by atoms with Crippen molar-refractivity contribution in [3.8, 4) is 0 Å². The van der Waals surface area contributed by atoms with Crippen LogP contribution >= 0.6 is 24.0 Å². The van der Waals surface area contributed by atoms with Crippen molar-refractivity contribution in [3.05, 3.63) is 29.3 Å². The molecule has 1 aromatic carbocycles. The van der Waals surface area contributed by atoms with Crippen molar-refractivity contribution in [2.45, 2.75) is 32.7 Å². The van der Waals surface area contributed by atoms with Crippen molar-refractivity contribution in [2.24, 2.45) is 16.6 Å². The third-order valence-corrected chi connectivity index (χ3v) is 4.68. The molecule has 7 heteroatoms. The van der Waals surface area contributed by atoms with Gasteiger partial charge < -0.3 is 20.9 Å². The number of nitrogens with two attached hydrogens (primary N) is 1. The van der Waals surface area contributed by atoms with Gasteiger partial charge in [0.1, 0.15) is 0 Å². The molecule has 0 saturated carbocycles. The van der Waals surface area contributed by atoms with E-state index in [4.69, 9.17) is 5.73 Å². The molecule has 1 heterocycles. The van der Waals surface area contributed by atoms with E-state index in [0.717, 1.165) is 38.4 Å². The van der Waals surface area contributed by atoms with Crippen molar-refractivity contribution in [3.63, 3.8) is 0 Å². The highest BCUT2D eigenvalue weighted by atomic mass is 127. The van der Waals surface area contributed by atoms with E-state index in [1.54, 1.807) is 0 Å². The first-order valence-corrected chi connectivity index (χ1v) is 8.91. The third-order valence-electron chi connectivity index (χ3n) is 4.68. The van der Waals surface area contributed by atoms with Crippen LogP contribution in [-0.2, 0) is 11.3 Å². The average molecular weight is 473 g/mol. The summed E-state index contributed by atoms with van der Waals surface area (Å²) in [5.41, 5.74) is 9.07. The monoisotopic (exact) mass is 473 g/mol. The van der Waals surface area contributed by atoms with Crippen LogP contribution in [0.15, 0.2) is 23.2 Å². The molecule has 0 aromatic heterocycles. The van der Waals surface area contributed by atoms with Crippen LogP contribution in [0.3, 0.4) is 0 Å². The van der Waals surface area contributed by atoms with Crippen molar-refractivity contribution in [2.75, 3.05) is 39.1 Å². The average Bonchev–Trinajstić information content (AvgIpc) is 2.56. The second kappa shape index (κ2) is 10.6. The van der Waals surface area contributed by atoms with Crippen molar-refractivity contribution < 1.29 is 4.79 Å². The van der Waals surface area contributed by atoms with Gasteiger partial charge in [0.05, 0.1) is 0 Å². The number of hydrogen-bond acceptors (Lipinski definition) is 3. The number of amides is 1. The van der Waals surface area contributed by atoms with Gasteiger partial charge in [-0.1, -0.05) is 12.1 Å². The van der Waals surface area contributed by atoms with E-state index in [1.807, 2.05) is 7.05 Å². The molecule has 6 nitrogen and oxygen atoms in total. The zero-order valence-corrected chi connectivity index (χ0v) is 18.6. The Morgan fingerprint density at radius 1 is 1.42 bits per heavy atom. The molecule has 2 rings (SSSR count). The number of nitrogens with zero attached hydrogens (tertiary/aromatic N) is 3. The summed E-state index contributed by atoms with van der Waals surface area (Å²) in [6.07, 6.45) is 2.57. The maximum atomic E-state index is 11.2. The summed E-state index contributed by atoms with van der Waals surface area (Å²) in [6, 6.07) is 6.50. The zero-order chi connectivity index (χ0) is 18.4. The van der Waals surface area contributed by atoms with Gasteiger partial charge in [-0.15, -0.1) is 24.0 Å². The molecule has 1 saturated heterocycles. The van der Waals surface area contributed by atoms with Crippen LogP contribution in [0.25, 0.3) is 0 Å². The minimum absolute atomic E-state index is 0. The minimum Gasteiger partial charge on any atom is -0.377 e. The predicted octanol–water partition coefficient (Wildman–Crippen LogP) is 2.34. The predicted molar refractivity (Wildman–Crippen MR) is 119 cm³/mol. The smallest absolute Gasteiger partial charge is 0.217 e. The summed E-state index contributed by atoms with van der Waals surface area (Å²) in [6.45, 7) is 4.62. The molecule has 0 bridgehead atoms. The molecule has 146 valence electrons. The first kappa shape index (κ1) is 22.5. The Morgan fingerprint density at radius 3 is 2.77 bits per heavy atom. The number of carbonyl (C=O) groups excluding carboxylic acids is 1. The van der Waals surface area contributed by atoms with Crippen LogP contribution < -0.4 is 16.0 Å². The molecule has 0 radical (unpaired) electrons. The number of benzene rings is 1. The number of carbonyl (C=O) groups is 1. The highest BCUT2D eigenvalue weighted by Crippen LogP contribution is 2.21. The molecule has 1 unspecified atom stereocenters. The lowest BCUT2D eigenvalue weighted by Crippen LogP contribution is -2.47. The van der Waals surface area contributed by atoms with E-state index in [0.29, 0.717) is 12.3 Å². The second-order valence-electron chi connectivity index (χ2n) is 7.05. The molecular formula is C19H32IN5O. The molecule has 1 amide bonds. The molecule has 1 aromatic rings. The Labute approximate surface area is 174 Å². The number of aliphatic imine (C=N–C) groups is 1. The largest absolute Gasteiger partial charge is 0.377 e. The second-order valence-corrected chi connectivity index (χ2v) is 7.05. The molecule has 3 N–H and O–H groups in total. The Morgan fingerprint density at radius 2 is 2.15 bits per heavy atom. The van der Waals surface area contributed by atoms with Crippen LogP contribution in [0.4, 0.5) is 5.69 Å². The van der Waals surface area contributed by atoms with Gasteiger partial charge in [-0.05, 0) is 42.9 Å². The number of anilines is 1. The summed E-state index contributed by atoms with van der Waals surface area (Å²) in [5.74, 6) is 0.992. The standard InChI is InChI=1S/C19H31N5O.HI/c1-14-7-8-16(17(10-14)23(3)4)12-22-19(21-2)24-9-5-6-15(13-24)11-18(20)25;/h7-8,10,15H,5-6,9,11-13H2,1-4H3,(H2,20,25)(H,21,22);1H. The summed E-state index contributed by atoms with van der Waals surface area (Å²) in [4.78, 5) is 20.0. The lowest BCUT2D eigenvalue weighted by molar-refractivity contribution is -0.119. The van der Waals surface area contributed by atoms with Crippen LogP contribution in [0.2, 0.25) is 0 Å². The third kappa shape index (κ3) is 6.34. The first-order chi connectivity index (χ1) is 11.9. The summed E-state index contributed by atoms with van der Waals surface area (Å²) in [7, 11) is 5.93. The van der Waals surface area contributed by atoms with Gasteiger partial charge in [-0.3, -0.25) is 9.79 Å². The molecule has 1 aliphatic rings. The Hall–Kier alpha value is -1.51. The maximum Gasteiger partial charge on any atom is 0.217 e. The zero-order valence-electron chi connectivity index (χ0n) is 16.3. The van der Waals surface area contributed by atoms with Crippen molar-refractivity contribution in [1.29, 1.82) is 0 Å². The topological polar surface area (TPSA) is 74.0 Å². The molecule has 26 heavy (non-hydrogen) atoms. The lowest BCUT2D eigenvalue weighted by Gasteiger charge is -2.34. The minimum atomic E-state index is -0.218. The SMILES string of the molecule is CN=C(NCc1ccc(C)cc1N(C)C)N1CCCC(CC(N)=O)C1.I. The van der Waals surface area contributed by atoms with E-state index < -0.39 is 0 Å². The highest BCUT2D eigenvalue weighted by molar-refractivity contribution is 14.0. The van der Waals surface area contributed by atoms with E-state index in [9.17, 15) is 4.79 Å². The number of guanidine groups is 1. The number of halogens is 1. The van der Waals surface area contributed by atoms with Crippen LogP contribution in [-0.4, -0.2) is 51.0 Å². The number of aryl methyl sites for hydroxylation is 1. The molecule has 1 aliphatic heterocycles. The van der Waals surface area contributed by atoms with Crippen molar-refractivity contribution in [1.82, 2.24) is 10.2 Å². The summed E-state index contributed by atoms with van der Waals surface area (Å²) in [5, 5.41) is 3.48. The van der Waals surface area contributed by atoms with Gasteiger partial charge in [0.2, 0.25) is 5.91 Å². The van der Waals surface area contributed by atoms with Gasteiger partial charge in [0, 0.05) is 52.9 Å². The molecular weight excluding hydrogens is 441 g/mol. The number of rotatable bonds is 5. The summed E-state index contributed by atoms with van der Waals surface area (Å²) < 4.78 is 0. The van der Waals surface area contributed by atoms with Gasteiger partial charge >= 0.3 is 0 Å². The van der Waals surface area contributed by atoms with Gasteiger partial charge in [0.15, 0.2) is 5.96 Å². The Bertz CT molecular complexity index is 632. The van der Waals surface area contributed by atoms with E-state index in [-0.39, 0.29) is 29.9 Å². The van der Waals surface area contributed by atoms with Crippen LogP contribution in [0, 0.1) is 12.8 Å². The number of piperidine rings is 1. The molecule has 0 aliphatic carbocycles. The number of primary amides is 1. The van der Waals surface area contributed by atoms with Crippen LogP contribution in [0.1, 0.15) is 30.4 Å². The number of nitrogens with one attached hydrogen (secondary N) is 1. The first-order valence-electron chi connectivity index (χ1n) is 8.91. The maximum absolute atomic E-state index is 11.2.